The number of pyridine rings is 1. The zero-order chi connectivity index (χ0) is 15.0. The highest BCUT2D eigenvalue weighted by atomic mass is 32.2. The SMILES string of the molecule is CNc1ccc(S(=O)(=O)NCCCOCC(C)C)cn1. The molecule has 2 N–H and O–H groups in total. The van der Waals surface area contributed by atoms with Crippen molar-refractivity contribution in [3.8, 4) is 0 Å². The smallest absolute Gasteiger partial charge is 0.242 e. The van der Waals surface area contributed by atoms with Crippen molar-refractivity contribution in [3.05, 3.63) is 18.3 Å². The third-order valence-corrected chi connectivity index (χ3v) is 3.96. The van der Waals surface area contributed by atoms with E-state index in [4.69, 9.17) is 4.74 Å². The summed E-state index contributed by atoms with van der Waals surface area (Å²) in [7, 11) is -1.76. The van der Waals surface area contributed by atoms with Crippen molar-refractivity contribution < 1.29 is 13.2 Å². The number of hydrogen-bond acceptors (Lipinski definition) is 5. The van der Waals surface area contributed by atoms with Crippen molar-refractivity contribution in [3.63, 3.8) is 0 Å². The van der Waals surface area contributed by atoms with Gasteiger partial charge < -0.3 is 10.1 Å². The molecule has 114 valence electrons. The van der Waals surface area contributed by atoms with E-state index in [-0.39, 0.29) is 4.90 Å². The third-order valence-electron chi connectivity index (χ3n) is 2.51. The maximum Gasteiger partial charge on any atom is 0.242 e. The summed E-state index contributed by atoms with van der Waals surface area (Å²) in [5.41, 5.74) is 0. The highest BCUT2D eigenvalue weighted by Gasteiger charge is 2.13. The third kappa shape index (κ3) is 5.85. The van der Waals surface area contributed by atoms with Gasteiger partial charge in [-0.3, -0.25) is 0 Å². The molecule has 7 heteroatoms. The second kappa shape index (κ2) is 8.18. The molecule has 0 bridgehead atoms. The van der Waals surface area contributed by atoms with Crippen LogP contribution in [0.4, 0.5) is 5.82 Å². The molecule has 0 aromatic carbocycles. The van der Waals surface area contributed by atoms with Crippen molar-refractivity contribution in [2.24, 2.45) is 5.92 Å². The number of nitrogens with zero attached hydrogens (tertiary/aromatic N) is 1. The molecule has 0 atom stereocenters. The zero-order valence-electron chi connectivity index (χ0n) is 12.2. The first-order chi connectivity index (χ1) is 9.45. The van der Waals surface area contributed by atoms with Gasteiger partial charge in [-0.1, -0.05) is 13.8 Å². The van der Waals surface area contributed by atoms with Gasteiger partial charge in [-0.15, -0.1) is 0 Å². The molecule has 0 spiro atoms. The average molecular weight is 301 g/mol. The van der Waals surface area contributed by atoms with Crippen LogP contribution in [0.15, 0.2) is 23.2 Å². The van der Waals surface area contributed by atoms with Gasteiger partial charge in [-0.25, -0.2) is 18.1 Å². The van der Waals surface area contributed by atoms with Crippen molar-refractivity contribution in [2.45, 2.75) is 25.2 Å². The molecule has 0 aliphatic rings. The van der Waals surface area contributed by atoms with E-state index in [9.17, 15) is 8.42 Å². The van der Waals surface area contributed by atoms with Crippen LogP contribution in [0.2, 0.25) is 0 Å². The number of hydrogen-bond donors (Lipinski definition) is 2. The van der Waals surface area contributed by atoms with Gasteiger partial charge in [-0.2, -0.15) is 0 Å². The topological polar surface area (TPSA) is 80.3 Å². The van der Waals surface area contributed by atoms with E-state index in [1.807, 2.05) is 0 Å². The molecule has 20 heavy (non-hydrogen) atoms. The minimum absolute atomic E-state index is 0.166. The molecule has 0 radical (unpaired) electrons. The molecule has 0 unspecified atom stereocenters. The summed E-state index contributed by atoms with van der Waals surface area (Å²) in [6.45, 7) is 5.75. The molecular formula is C13H23N3O3S. The van der Waals surface area contributed by atoms with Crippen LogP contribution in [0.3, 0.4) is 0 Å². The van der Waals surface area contributed by atoms with Gasteiger partial charge in [0.1, 0.15) is 10.7 Å². The second-order valence-electron chi connectivity index (χ2n) is 4.85. The first kappa shape index (κ1) is 16.9. The fourth-order valence-electron chi connectivity index (χ4n) is 1.47. The summed E-state index contributed by atoms with van der Waals surface area (Å²) in [6.07, 6.45) is 1.98. The first-order valence-corrected chi connectivity index (χ1v) is 8.15. The van der Waals surface area contributed by atoms with Crippen LogP contribution in [0, 0.1) is 5.92 Å². The van der Waals surface area contributed by atoms with Crippen LogP contribution in [0.5, 0.6) is 0 Å². The zero-order valence-corrected chi connectivity index (χ0v) is 13.0. The Bertz CT molecular complexity index is 486. The van der Waals surface area contributed by atoms with E-state index >= 15 is 0 Å². The summed E-state index contributed by atoms with van der Waals surface area (Å²) < 4.78 is 31.8. The van der Waals surface area contributed by atoms with E-state index in [0.717, 1.165) is 0 Å². The minimum atomic E-state index is -3.48. The average Bonchev–Trinajstić information content (AvgIpc) is 2.42. The van der Waals surface area contributed by atoms with Gasteiger partial charge in [0.05, 0.1) is 0 Å². The van der Waals surface area contributed by atoms with Gasteiger partial charge in [-0.05, 0) is 24.5 Å². The van der Waals surface area contributed by atoms with E-state index < -0.39 is 10.0 Å². The Morgan fingerprint density at radius 2 is 2.10 bits per heavy atom. The van der Waals surface area contributed by atoms with E-state index in [1.54, 1.807) is 13.1 Å². The molecule has 6 nitrogen and oxygen atoms in total. The fraction of sp³-hybridized carbons (Fsp3) is 0.615. The van der Waals surface area contributed by atoms with Crippen LogP contribution in [0.1, 0.15) is 20.3 Å². The number of aromatic nitrogens is 1. The predicted octanol–water partition coefficient (Wildman–Crippen LogP) is 1.46. The van der Waals surface area contributed by atoms with Gasteiger partial charge in [0.15, 0.2) is 0 Å². The Kier molecular flexibility index (Phi) is 6.90. The Morgan fingerprint density at radius 3 is 2.65 bits per heavy atom. The number of sulfonamides is 1. The van der Waals surface area contributed by atoms with Crippen LogP contribution in [-0.2, 0) is 14.8 Å². The summed E-state index contributed by atoms with van der Waals surface area (Å²) >= 11 is 0. The minimum Gasteiger partial charge on any atom is -0.381 e. The molecule has 1 aromatic heterocycles. The van der Waals surface area contributed by atoms with Crippen LogP contribution < -0.4 is 10.0 Å². The van der Waals surface area contributed by atoms with Crippen LogP contribution >= 0.6 is 0 Å². The normalized spacial score (nSPS) is 11.8. The first-order valence-electron chi connectivity index (χ1n) is 6.67. The van der Waals surface area contributed by atoms with E-state index in [1.165, 1.54) is 12.3 Å². The lowest BCUT2D eigenvalue weighted by Crippen LogP contribution is -2.25. The second-order valence-corrected chi connectivity index (χ2v) is 6.62. The molecule has 1 rings (SSSR count). The molecule has 0 saturated carbocycles. The molecule has 0 aliphatic heterocycles. The summed E-state index contributed by atoms with van der Waals surface area (Å²) in [5, 5.41) is 2.84. The van der Waals surface area contributed by atoms with Gasteiger partial charge >= 0.3 is 0 Å². The lowest BCUT2D eigenvalue weighted by Gasteiger charge is -2.08. The lowest BCUT2D eigenvalue weighted by atomic mass is 10.2. The highest BCUT2D eigenvalue weighted by Crippen LogP contribution is 2.09. The van der Waals surface area contributed by atoms with Crippen molar-refractivity contribution in [1.29, 1.82) is 0 Å². The highest BCUT2D eigenvalue weighted by molar-refractivity contribution is 7.89. The molecule has 0 saturated heterocycles. The largest absolute Gasteiger partial charge is 0.381 e. The molecule has 1 aromatic rings. The summed E-state index contributed by atoms with van der Waals surface area (Å²) in [6, 6.07) is 3.15. The molecule has 1 heterocycles. The number of ether oxygens (including phenoxy) is 1. The number of anilines is 1. The van der Waals surface area contributed by atoms with Crippen LogP contribution in [0.25, 0.3) is 0 Å². The molecule has 0 aliphatic carbocycles. The molecular weight excluding hydrogens is 278 g/mol. The monoisotopic (exact) mass is 301 g/mol. The Balaban J connectivity index is 2.37. The maximum absolute atomic E-state index is 12.0. The standard InChI is InChI=1S/C13H23N3O3S/c1-11(2)10-19-8-4-7-16-20(17,18)12-5-6-13(14-3)15-9-12/h5-6,9,11,16H,4,7-8,10H2,1-3H3,(H,14,15). The molecule has 0 fully saturated rings. The van der Waals surface area contributed by atoms with Gasteiger partial charge in [0, 0.05) is 33.0 Å². The Morgan fingerprint density at radius 1 is 1.35 bits per heavy atom. The van der Waals surface area contributed by atoms with Crippen LogP contribution in [-0.4, -0.2) is 40.2 Å². The Hall–Kier alpha value is -1.18. The van der Waals surface area contributed by atoms with Gasteiger partial charge in [0.25, 0.3) is 0 Å². The lowest BCUT2D eigenvalue weighted by molar-refractivity contribution is 0.108. The quantitative estimate of drug-likeness (QED) is 0.675. The fourth-order valence-corrected chi connectivity index (χ4v) is 2.49. The number of rotatable bonds is 9. The number of nitrogens with one attached hydrogen (secondary N) is 2. The summed E-state index contributed by atoms with van der Waals surface area (Å²) in [5.74, 6) is 1.12. The predicted molar refractivity (Wildman–Crippen MR) is 79.2 cm³/mol. The van der Waals surface area contributed by atoms with Crippen molar-refractivity contribution >= 4 is 15.8 Å². The van der Waals surface area contributed by atoms with Gasteiger partial charge in [0.2, 0.25) is 10.0 Å². The van der Waals surface area contributed by atoms with Crippen molar-refractivity contribution in [2.75, 3.05) is 32.1 Å². The van der Waals surface area contributed by atoms with E-state index in [2.05, 4.69) is 28.9 Å². The Labute approximate surface area is 121 Å². The van der Waals surface area contributed by atoms with E-state index in [0.29, 0.717) is 37.9 Å². The maximum atomic E-state index is 12.0. The molecule has 0 amide bonds. The van der Waals surface area contributed by atoms with Crippen molar-refractivity contribution in [1.82, 2.24) is 9.71 Å². The summed E-state index contributed by atoms with van der Waals surface area (Å²) in [4.78, 5) is 4.15.